The Morgan fingerprint density at radius 3 is 2.71 bits per heavy atom. The van der Waals surface area contributed by atoms with Crippen LogP contribution in [0.4, 0.5) is 0 Å². The van der Waals surface area contributed by atoms with Crippen molar-refractivity contribution in [2.75, 3.05) is 13.7 Å². The lowest BCUT2D eigenvalue weighted by atomic mass is 9.97. The zero-order valence-electron chi connectivity index (χ0n) is 16.1. The maximum Gasteiger partial charge on any atom is 0.303 e. The molecule has 1 atom stereocenters. The quantitative estimate of drug-likeness (QED) is 0.681. The van der Waals surface area contributed by atoms with Gasteiger partial charge < -0.3 is 14.2 Å². The van der Waals surface area contributed by atoms with E-state index in [0.29, 0.717) is 19.0 Å². The largest absolute Gasteiger partial charge is 0.490 e. The van der Waals surface area contributed by atoms with Gasteiger partial charge in [0.1, 0.15) is 12.4 Å². The van der Waals surface area contributed by atoms with Crippen LogP contribution in [-0.2, 0) is 6.54 Å². The number of ether oxygens (including phenoxy) is 3. The molecule has 3 aromatic rings. The summed E-state index contributed by atoms with van der Waals surface area (Å²) in [5.74, 6) is 1.21. The van der Waals surface area contributed by atoms with Crippen LogP contribution in [0.25, 0.3) is 11.1 Å². The molecule has 0 amide bonds. The first-order valence-corrected chi connectivity index (χ1v) is 9.17. The van der Waals surface area contributed by atoms with Gasteiger partial charge >= 0.3 is 6.01 Å². The van der Waals surface area contributed by atoms with Crippen molar-refractivity contribution in [3.8, 4) is 28.8 Å². The number of methoxy groups -OCH3 is 1. The van der Waals surface area contributed by atoms with Crippen molar-refractivity contribution in [2.24, 2.45) is 0 Å². The number of hydrogen-bond acceptors (Lipinski definition) is 5. The van der Waals surface area contributed by atoms with E-state index in [9.17, 15) is 4.79 Å². The van der Waals surface area contributed by atoms with E-state index in [1.54, 1.807) is 4.57 Å². The molecule has 0 aliphatic carbocycles. The van der Waals surface area contributed by atoms with Gasteiger partial charge in [0, 0.05) is 0 Å². The average Bonchev–Trinajstić information content (AvgIpc) is 3.11. The van der Waals surface area contributed by atoms with Gasteiger partial charge in [-0.15, -0.1) is 0 Å². The standard InChI is InChI=1S/C22H22N2O4/c1-14-5-4-6-19(15(14)2)16-7-9-17(10-8-16)27-13-18-12-24-21(26-3)11-20(25)23-22(24)28-18/h4-11,18H,12-13H2,1-3H3/t18-/m0/s1. The Hall–Kier alpha value is -3.28. The van der Waals surface area contributed by atoms with Crippen molar-refractivity contribution in [1.82, 2.24) is 9.55 Å². The fraction of sp³-hybridized carbons (Fsp3) is 0.273. The lowest BCUT2D eigenvalue weighted by molar-refractivity contribution is 0.143. The van der Waals surface area contributed by atoms with Crippen molar-refractivity contribution in [3.05, 3.63) is 70.0 Å². The molecule has 0 radical (unpaired) electrons. The molecule has 6 nitrogen and oxygen atoms in total. The summed E-state index contributed by atoms with van der Waals surface area (Å²) in [5.41, 5.74) is 4.56. The molecule has 4 rings (SSSR count). The minimum Gasteiger partial charge on any atom is -0.490 e. The Balaban J connectivity index is 1.42. The first-order chi connectivity index (χ1) is 13.5. The van der Waals surface area contributed by atoms with Crippen molar-refractivity contribution in [1.29, 1.82) is 0 Å². The number of aromatic nitrogens is 2. The maximum absolute atomic E-state index is 11.6. The van der Waals surface area contributed by atoms with Gasteiger partial charge in [0.05, 0.1) is 19.7 Å². The van der Waals surface area contributed by atoms with Crippen LogP contribution in [0.2, 0.25) is 0 Å². The summed E-state index contributed by atoms with van der Waals surface area (Å²) < 4.78 is 18.6. The highest BCUT2D eigenvalue weighted by Gasteiger charge is 2.27. The lowest BCUT2D eigenvalue weighted by Crippen LogP contribution is -2.23. The molecule has 0 saturated carbocycles. The molecule has 0 fully saturated rings. The maximum atomic E-state index is 11.6. The number of rotatable bonds is 5. The first kappa shape index (κ1) is 18.1. The van der Waals surface area contributed by atoms with Crippen LogP contribution in [0.1, 0.15) is 11.1 Å². The number of aryl methyl sites for hydroxylation is 1. The van der Waals surface area contributed by atoms with Crippen LogP contribution in [-0.4, -0.2) is 29.4 Å². The summed E-state index contributed by atoms with van der Waals surface area (Å²) in [6, 6.07) is 16.0. The summed E-state index contributed by atoms with van der Waals surface area (Å²) in [6.07, 6.45) is -0.234. The zero-order chi connectivity index (χ0) is 19.7. The van der Waals surface area contributed by atoms with Crippen molar-refractivity contribution >= 4 is 0 Å². The van der Waals surface area contributed by atoms with Gasteiger partial charge in [-0.1, -0.05) is 30.3 Å². The highest BCUT2D eigenvalue weighted by atomic mass is 16.6. The fourth-order valence-corrected chi connectivity index (χ4v) is 3.35. The third-order valence-corrected chi connectivity index (χ3v) is 5.02. The topological polar surface area (TPSA) is 62.6 Å². The first-order valence-electron chi connectivity index (χ1n) is 9.17. The van der Waals surface area contributed by atoms with Crippen LogP contribution in [0.5, 0.6) is 17.6 Å². The van der Waals surface area contributed by atoms with Gasteiger partial charge in [0.2, 0.25) is 5.88 Å². The summed E-state index contributed by atoms with van der Waals surface area (Å²) in [6.45, 7) is 5.13. The van der Waals surface area contributed by atoms with E-state index in [2.05, 4.69) is 49.2 Å². The number of hydrogen-bond donors (Lipinski definition) is 0. The van der Waals surface area contributed by atoms with E-state index in [-0.39, 0.29) is 17.7 Å². The van der Waals surface area contributed by atoms with Crippen LogP contribution >= 0.6 is 0 Å². The monoisotopic (exact) mass is 378 g/mol. The molecule has 1 aromatic heterocycles. The third-order valence-electron chi connectivity index (χ3n) is 5.02. The van der Waals surface area contributed by atoms with E-state index in [1.165, 1.54) is 29.9 Å². The van der Waals surface area contributed by atoms with Gasteiger partial charge in [0.25, 0.3) is 5.56 Å². The van der Waals surface area contributed by atoms with Gasteiger partial charge in [-0.25, -0.2) is 0 Å². The van der Waals surface area contributed by atoms with Gasteiger partial charge in [-0.2, -0.15) is 4.98 Å². The summed E-state index contributed by atoms with van der Waals surface area (Å²) >= 11 is 0. The predicted molar refractivity (Wildman–Crippen MR) is 106 cm³/mol. The van der Waals surface area contributed by atoms with Crippen LogP contribution in [0.3, 0.4) is 0 Å². The number of fused-ring (bicyclic) bond motifs is 1. The average molecular weight is 378 g/mol. The molecule has 0 unspecified atom stereocenters. The molecule has 0 saturated heterocycles. The van der Waals surface area contributed by atoms with Gasteiger partial charge in [-0.05, 0) is 48.2 Å². The van der Waals surface area contributed by atoms with E-state index >= 15 is 0 Å². The lowest BCUT2D eigenvalue weighted by Gasteiger charge is -2.12. The molecule has 6 heteroatoms. The Labute approximate surface area is 163 Å². The molecular weight excluding hydrogens is 356 g/mol. The third kappa shape index (κ3) is 3.45. The fourth-order valence-electron chi connectivity index (χ4n) is 3.35. The van der Waals surface area contributed by atoms with Crippen LogP contribution in [0.15, 0.2) is 53.3 Å². The Bertz CT molecular complexity index is 1060. The van der Waals surface area contributed by atoms with Crippen molar-refractivity contribution in [2.45, 2.75) is 26.5 Å². The molecule has 0 spiro atoms. The molecule has 0 bridgehead atoms. The number of nitrogens with zero attached hydrogens (tertiary/aromatic N) is 2. The Kier molecular flexibility index (Phi) is 4.77. The van der Waals surface area contributed by atoms with E-state index in [4.69, 9.17) is 14.2 Å². The molecule has 1 aliphatic rings. The predicted octanol–water partition coefficient (Wildman–Crippen LogP) is 3.38. The SMILES string of the molecule is COc1cc(=O)nc2n1C[C@@H](COc1ccc(-c3cccc(C)c3C)cc1)O2. The molecule has 2 aromatic carbocycles. The Morgan fingerprint density at radius 2 is 1.96 bits per heavy atom. The van der Waals surface area contributed by atoms with Gasteiger partial charge in [0.15, 0.2) is 6.10 Å². The molecule has 1 aliphatic heterocycles. The minimum absolute atomic E-state index is 0.234. The molecule has 2 heterocycles. The molecule has 0 N–H and O–H groups in total. The minimum atomic E-state index is -0.383. The number of benzene rings is 2. The summed E-state index contributed by atoms with van der Waals surface area (Å²) in [5, 5.41) is 0. The van der Waals surface area contributed by atoms with E-state index < -0.39 is 0 Å². The van der Waals surface area contributed by atoms with Crippen molar-refractivity contribution in [3.63, 3.8) is 0 Å². The Morgan fingerprint density at radius 1 is 1.18 bits per heavy atom. The second-order valence-electron chi connectivity index (χ2n) is 6.85. The van der Waals surface area contributed by atoms with Gasteiger partial charge in [-0.3, -0.25) is 9.36 Å². The van der Waals surface area contributed by atoms with E-state index in [0.717, 1.165) is 11.3 Å². The highest BCUT2D eigenvalue weighted by molar-refractivity contribution is 5.68. The second-order valence-corrected chi connectivity index (χ2v) is 6.85. The second kappa shape index (κ2) is 7.38. The molecular formula is C22H22N2O4. The summed E-state index contributed by atoms with van der Waals surface area (Å²) in [4.78, 5) is 15.5. The molecule has 28 heavy (non-hydrogen) atoms. The van der Waals surface area contributed by atoms with Crippen LogP contribution in [0, 0.1) is 13.8 Å². The smallest absolute Gasteiger partial charge is 0.303 e. The zero-order valence-corrected chi connectivity index (χ0v) is 16.1. The van der Waals surface area contributed by atoms with Crippen LogP contribution < -0.4 is 19.8 Å². The highest BCUT2D eigenvalue weighted by Crippen LogP contribution is 2.28. The molecule has 144 valence electrons. The van der Waals surface area contributed by atoms with Crippen molar-refractivity contribution < 1.29 is 14.2 Å². The normalized spacial score (nSPS) is 15.0. The van der Waals surface area contributed by atoms with E-state index in [1.807, 2.05) is 12.1 Å². The summed E-state index contributed by atoms with van der Waals surface area (Å²) in [7, 11) is 1.52.